The zero-order chi connectivity index (χ0) is 9.84. The minimum Gasteiger partial charge on any atom is -0.508 e. The highest BCUT2D eigenvalue weighted by molar-refractivity contribution is 5.76. The summed E-state index contributed by atoms with van der Waals surface area (Å²) in [5, 5.41) is 9.21. The van der Waals surface area contributed by atoms with E-state index in [2.05, 4.69) is 0 Å². The summed E-state index contributed by atoms with van der Waals surface area (Å²) in [5.74, 6) is 0.619. The average Bonchev–Trinajstić information content (AvgIpc) is 2.03. The molecule has 1 N–H and O–H groups in total. The number of rotatable bonds is 3. The fraction of sp³-hybridized carbons (Fsp3) is 0.364. The van der Waals surface area contributed by atoms with Gasteiger partial charge < -0.3 is 9.90 Å². The summed E-state index contributed by atoms with van der Waals surface area (Å²) in [7, 11) is 0. The Kier molecular flexibility index (Phi) is 3.07. The maximum Gasteiger partial charge on any atom is 0.130 e. The van der Waals surface area contributed by atoms with Gasteiger partial charge in [-0.15, -0.1) is 0 Å². The third-order valence-corrected chi connectivity index (χ3v) is 2.03. The molecule has 0 spiro atoms. The number of phenolic OH excluding ortho intramolecular Hbond substituents is 1. The molecule has 1 atom stereocenters. The molecule has 0 aliphatic carbocycles. The van der Waals surface area contributed by atoms with E-state index in [9.17, 15) is 9.90 Å². The number of hydrogen-bond donors (Lipinski definition) is 1. The van der Waals surface area contributed by atoms with Crippen LogP contribution in [0.3, 0.4) is 0 Å². The Morgan fingerprint density at radius 2 is 2.23 bits per heavy atom. The van der Waals surface area contributed by atoms with Gasteiger partial charge in [0.15, 0.2) is 0 Å². The second-order valence-corrected chi connectivity index (χ2v) is 3.40. The summed E-state index contributed by atoms with van der Waals surface area (Å²) in [5.41, 5.74) is 1.01. The fourth-order valence-corrected chi connectivity index (χ4v) is 1.38. The van der Waals surface area contributed by atoms with Crippen LogP contribution < -0.4 is 0 Å². The minimum atomic E-state index is 0.177. The Hall–Kier alpha value is -1.31. The van der Waals surface area contributed by atoms with Crippen molar-refractivity contribution >= 4 is 5.78 Å². The predicted molar refractivity (Wildman–Crippen MR) is 51.8 cm³/mol. The van der Waals surface area contributed by atoms with Crippen molar-refractivity contribution in [3.05, 3.63) is 29.8 Å². The highest BCUT2D eigenvalue weighted by Gasteiger charge is 2.07. The summed E-state index contributed by atoms with van der Waals surface area (Å²) in [6.45, 7) is 3.56. The summed E-state index contributed by atoms with van der Waals surface area (Å²) in [6.07, 6.45) is 0.531. The number of carbonyl (C=O) groups excluding carboxylic acids is 1. The first-order chi connectivity index (χ1) is 6.09. The van der Waals surface area contributed by atoms with Gasteiger partial charge in [-0.25, -0.2) is 0 Å². The molecule has 1 aromatic carbocycles. The van der Waals surface area contributed by atoms with Crippen molar-refractivity contribution in [1.29, 1.82) is 0 Å². The molecule has 0 saturated heterocycles. The van der Waals surface area contributed by atoms with Gasteiger partial charge in [-0.2, -0.15) is 0 Å². The van der Waals surface area contributed by atoms with Gasteiger partial charge in [-0.3, -0.25) is 0 Å². The molecule has 0 amide bonds. The topological polar surface area (TPSA) is 37.3 Å². The number of aromatic hydroxyl groups is 1. The second-order valence-electron chi connectivity index (χ2n) is 3.40. The van der Waals surface area contributed by atoms with Crippen molar-refractivity contribution in [2.75, 3.05) is 0 Å². The standard InChI is InChI=1S/C11H14O2/c1-8(6-9(2)12)10-4-3-5-11(13)7-10/h3-5,7-8,13H,6H2,1-2H3. The molecular weight excluding hydrogens is 164 g/mol. The number of hydrogen-bond acceptors (Lipinski definition) is 2. The normalized spacial score (nSPS) is 12.5. The van der Waals surface area contributed by atoms with Gasteiger partial charge in [0.05, 0.1) is 0 Å². The Morgan fingerprint density at radius 1 is 1.54 bits per heavy atom. The summed E-state index contributed by atoms with van der Waals surface area (Å²) < 4.78 is 0. The molecule has 0 saturated carbocycles. The Bertz CT molecular complexity index is 305. The van der Waals surface area contributed by atoms with Gasteiger partial charge >= 0.3 is 0 Å². The van der Waals surface area contributed by atoms with E-state index in [4.69, 9.17) is 0 Å². The molecule has 0 bridgehead atoms. The molecule has 70 valence electrons. The van der Waals surface area contributed by atoms with Crippen LogP contribution in [0.4, 0.5) is 0 Å². The maximum absolute atomic E-state index is 10.8. The highest BCUT2D eigenvalue weighted by atomic mass is 16.3. The second kappa shape index (κ2) is 4.08. The van der Waals surface area contributed by atoms with Gasteiger partial charge in [0.25, 0.3) is 0 Å². The van der Waals surface area contributed by atoms with Gasteiger partial charge in [-0.05, 0) is 30.5 Å². The number of phenols is 1. The van der Waals surface area contributed by atoms with Crippen LogP contribution >= 0.6 is 0 Å². The zero-order valence-electron chi connectivity index (χ0n) is 7.95. The first kappa shape index (κ1) is 9.78. The van der Waals surface area contributed by atoms with E-state index in [1.807, 2.05) is 13.0 Å². The van der Waals surface area contributed by atoms with Gasteiger partial charge in [0.2, 0.25) is 0 Å². The molecule has 13 heavy (non-hydrogen) atoms. The van der Waals surface area contributed by atoms with E-state index in [1.165, 1.54) is 0 Å². The fourth-order valence-electron chi connectivity index (χ4n) is 1.38. The molecule has 0 aromatic heterocycles. The summed E-state index contributed by atoms with van der Waals surface area (Å²) in [4.78, 5) is 10.8. The molecule has 1 rings (SSSR count). The molecule has 2 nitrogen and oxygen atoms in total. The van der Waals surface area contributed by atoms with E-state index >= 15 is 0 Å². The van der Waals surface area contributed by atoms with Crippen LogP contribution in [-0.4, -0.2) is 10.9 Å². The maximum atomic E-state index is 10.8. The van der Waals surface area contributed by atoms with Gasteiger partial charge in [0, 0.05) is 6.42 Å². The van der Waals surface area contributed by atoms with E-state index < -0.39 is 0 Å². The lowest BCUT2D eigenvalue weighted by molar-refractivity contribution is -0.117. The van der Waals surface area contributed by atoms with Crippen molar-refractivity contribution in [1.82, 2.24) is 0 Å². The Morgan fingerprint density at radius 3 is 2.77 bits per heavy atom. The molecular formula is C11H14O2. The van der Waals surface area contributed by atoms with Crippen molar-refractivity contribution in [3.63, 3.8) is 0 Å². The lowest BCUT2D eigenvalue weighted by atomic mass is 9.96. The Balaban J connectivity index is 2.76. The molecule has 1 aromatic rings. The summed E-state index contributed by atoms with van der Waals surface area (Å²) in [6, 6.07) is 7.05. The number of Topliss-reactive ketones (excluding diaryl/α,β-unsaturated/α-hetero) is 1. The third kappa shape index (κ3) is 2.90. The average molecular weight is 178 g/mol. The van der Waals surface area contributed by atoms with Crippen LogP contribution in [0.1, 0.15) is 31.7 Å². The quantitative estimate of drug-likeness (QED) is 0.772. The van der Waals surface area contributed by atoms with Crippen molar-refractivity contribution in [2.45, 2.75) is 26.2 Å². The SMILES string of the molecule is CC(=O)CC(C)c1cccc(O)c1. The van der Waals surface area contributed by atoms with Crippen LogP contribution in [0.25, 0.3) is 0 Å². The van der Waals surface area contributed by atoms with Crippen LogP contribution in [-0.2, 0) is 4.79 Å². The molecule has 0 heterocycles. The smallest absolute Gasteiger partial charge is 0.130 e. The monoisotopic (exact) mass is 178 g/mol. The minimum absolute atomic E-state index is 0.177. The van der Waals surface area contributed by atoms with Crippen LogP contribution in [0.15, 0.2) is 24.3 Å². The van der Waals surface area contributed by atoms with E-state index in [-0.39, 0.29) is 17.5 Å². The van der Waals surface area contributed by atoms with Crippen LogP contribution in [0, 0.1) is 0 Å². The van der Waals surface area contributed by atoms with E-state index in [1.54, 1.807) is 25.1 Å². The lowest BCUT2D eigenvalue weighted by Gasteiger charge is -2.09. The third-order valence-electron chi connectivity index (χ3n) is 2.03. The number of benzene rings is 1. The van der Waals surface area contributed by atoms with Crippen molar-refractivity contribution < 1.29 is 9.90 Å². The van der Waals surface area contributed by atoms with Crippen LogP contribution in [0.2, 0.25) is 0 Å². The Labute approximate surface area is 78.2 Å². The highest BCUT2D eigenvalue weighted by Crippen LogP contribution is 2.22. The van der Waals surface area contributed by atoms with Gasteiger partial charge in [0.1, 0.15) is 11.5 Å². The first-order valence-corrected chi connectivity index (χ1v) is 4.38. The molecule has 1 unspecified atom stereocenters. The molecule has 0 aliphatic rings. The van der Waals surface area contributed by atoms with E-state index in [0.29, 0.717) is 6.42 Å². The van der Waals surface area contributed by atoms with Gasteiger partial charge in [-0.1, -0.05) is 19.1 Å². The largest absolute Gasteiger partial charge is 0.508 e. The zero-order valence-corrected chi connectivity index (χ0v) is 7.95. The molecule has 0 radical (unpaired) electrons. The lowest BCUT2D eigenvalue weighted by Crippen LogP contribution is -1.99. The predicted octanol–water partition coefficient (Wildman–Crippen LogP) is 2.47. The molecule has 2 heteroatoms. The van der Waals surface area contributed by atoms with Crippen molar-refractivity contribution in [2.24, 2.45) is 0 Å². The van der Waals surface area contributed by atoms with E-state index in [0.717, 1.165) is 5.56 Å². The molecule has 0 fully saturated rings. The van der Waals surface area contributed by atoms with Crippen molar-refractivity contribution in [3.8, 4) is 5.75 Å². The first-order valence-electron chi connectivity index (χ1n) is 4.38. The summed E-state index contributed by atoms with van der Waals surface area (Å²) >= 11 is 0. The number of ketones is 1. The number of carbonyl (C=O) groups is 1. The molecule has 0 aliphatic heterocycles. The van der Waals surface area contributed by atoms with Crippen LogP contribution in [0.5, 0.6) is 5.75 Å².